The minimum absolute atomic E-state index is 0.581. The van der Waals surface area contributed by atoms with Gasteiger partial charge in [-0.1, -0.05) is 32.1 Å². The molecule has 2 aliphatic rings. The molecule has 0 spiro atoms. The van der Waals surface area contributed by atoms with Crippen molar-refractivity contribution in [3.05, 3.63) is 0 Å². The molecule has 2 unspecified atom stereocenters. The highest BCUT2D eigenvalue weighted by molar-refractivity contribution is 7.99. The van der Waals surface area contributed by atoms with Crippen LogP contribution in [0.5, 0.6) is 0 Å². The van der Waals surface area contributed by atoms with Crippen molar-refractivity contribution in [3.63, 3.8) is 0 Å². The van der Waals surface area contributed by atoms with E-state index in [0.717, 1.165) is 10.4 Å². The summed E-state index contributed by atoms with van der Waals surface area (Å²) in [6.07, 6.45) is 14.3. The summed E-state index contributed by atoms with van der Waals surface area (Å²) in [5.74, 6) is 0. The number of hydrogen-bond acceptors (Lipinski definition) is 2. The van der Waals surface area contributed by atoms with Crippen LogP contribution in [0.1, 0.15) is 57.8 Å². The standard InChI is InChI=1S/C14H26N2S2/c1-18-13-10-6-5-9-12(13)16-14(17)15-11-7-3-2-4-8-11/h11-13H,2-10H2,1H3,(H2,15,16,17). The van der Waals surface area contributed by atoms with E-state index < -0.39 is 0 Å². The van der Waals surface area contributed by atoms with Crippen LogP contribution in [-0.2, 0) is 0 Å². The maximum Gasteiger partial charge on any atom is 0.166 e. The lowest BCUT2D eigenvalue weighted by Gasteiger charge is -2.33. The normalized spacial score (nSPS) is 29.8. The fraction of sp³-hybridized carbons (Fsp3) is 0.929. The monoisotopic (exact) mass is 286 g/mol. The molecule has 0 amide bonds. The van der Waals surface area contributed by atoms with Crippen molar-refractivity contribution in [1.29, 1.82) is 0 Å². The van der Waals surface area contributed by atoms with E-state index in [2.05, 4.69) is 16.9 Å². The zero-order chi connectivity index (χ0) is 12.8. The van der Waals surface area contributed by atoms with Gasteiger partial charge in [-0.05, 0) is 44.2 Å². The lowest BCUT2D eigenvalue weighted by atomic mass is 9.94. The highest BCUT2D eigenvalue weighted by atomic mass is 32.2. The zero-order valence-corrected chi connectivity index (χ0v) is 13.0. The van der Waals surface area contributed by atoms with Crippen molar-refractivity contribution in [1.82, 2.24) is 10.6 Å². The molecule has 2 fully saturated rings. The van der Waals surface area contributed by atoms with Gasteiger partial charge in [0, 0.05) is 17.3 Å². The molecular weight excluding hydrogens is 260 g/mol. The van der Waals surface area contributed by atoms with Gasteiger partial charge >= 0.3 is 0 Å². The van der Waals surface area contributed by atoms with Crippen LogP contribution >= 0.6 is 24.0 Å². The molecule has 0 aromatic heterocycles. The molecule has 2 N–H and O–H groups in total. The second kappa shape index (κ2) is 7.59. The molecule has 0 aromatic carbocycles. The van der Waals surface area contributed by atoms with Gasteiger partial charge in [0.1, 0.15) is 0 Å². The van der Waals surface area contributed by atoms with Gasteiger partial charge in [-0.15, -0.1) is 0 Å². The van der Waals surface area contributed by atoms with Crippen molar-refractivity contribution in [3.8, 4) is 0 Å². The molecule has 2 aliphatic carbocycles. The Kier molecular flexibility index (Phi) is 6.09. The molecule has 2 saturated carbocycles. The van der Waals surface area contributed by atoms with E-state index in [-0.39, 0.29) is 0 Å². The van der Waals surface area contributed by atoms with Crippen LogP contribution in [0.2, 0.25) is 0 Å². The zero-order valence-electron chi connectivity index (χ0n) is 11.4. The SMILES string of the molecule is CSC1CCCCC1NC(=S)NC1CCCCC1. The van der Waals surface area contributed by atoms with E-state index in [1.54, 1.807) is 0 Å². The number of thioether (sulfide) groups is 1. The van der Waals surface area contributed by atoms with Gasteiger partial charge in [-0.3, -0.25) is 0 Å². The molecule has 0 aromatic rings. The lowest BCUT2D eigenvalue weighted by molar-refractivity contribution is 0.397. The predicted molar refractivity (Wildman–Crippen MR) is 85.3 cm³/mol. The molecule has 104 valence electrons. The lowest BCUT2D eigenvalue weighted by Crippen LogP contribution is -2.50. The maximum atomic E-state index is 5.49. The Labute approximate surface area is 121 Å². The van der Waals surface area contributed by atoms with Gasteiger partial charge < -0.3 is 10.6 Å². The fourth-order valence-corrected chi connectivity index (χ4v) is 4.44. The fourth-order valence-electron chi connectivity index (χ4n) is 3.19. The molecule has 4 heteroatoms. The number of rotatable bonds is 3. The van der Waals surface area contributed by atoms with Crippen LogP contribution < -0.4 is 10.6 Å². The summed E-state index contributed by atoms with van der Waals surface area (Å²) in [4.78, 5) is 0. The molecule has 2 atom stereocenters. The van der Waals surface area contributed by atoms with Crippen LogP contribution in [0.3, 0.4) is 0 Å². The van der Waals surface area contributed by atoms with Gasteiger partial charge in [0.25, 0.3) is 0 Å². The average Bonchev–Trinajstić information content (AvgIpc) is 2.40. The summed E-state index contributed by atoms with van der Waals surface area (Å²) in [6.45, 7) is 0. The Morgan fingerprint density at radius 3 is 2.33 bits per heavy atom. The first kappa shape index (κ1) is 14.4. The van der Waals surface area contributed by atoms with Crippen LogP contribution in [-0.4, -0.2) is 28.7 Å². The summed E-state index contributed by atoms with van der Waals surface area (Å²) >= 11 is 7.48. The van der Waals surface area contributed by atoms with Crippen LogP contribution in [0, 0.1) is 0 Å². The second-order valence-electron chi connectivity index (χ2n) is 5.62. The predicted octanol–water partition coefficient (Wildman–Crippen LogP) is 3.46. The highest BCUT2D eigenvalue weighted by Gasteiger charge is 2.25. The Morgan fingerprint density at radius 2 is 1.61 bits per heavy atom. The molecular formula is C14H26N2S2. The Balaban J connectivity index is 1.75. The van der Waals surface area contributed by atoms with Gasteiger partial charge in [-0.2, -0.15) is 11.8 Å². The largest absolute Gasteiger partial charge is 0.360 e. The number of nitrogens with one attached hydrogen (secondary N) is 2. The molecule has 0 aliphatic heterocycles. The summed E-state index contributed by atoms with van der Waals surface area (Å²) in [6, 6.07) is 1.20. The summed E-state index contributed by atoms with van der Waals surface area (Å²) in [5, 5.41) is 8.73. The van der Waals surface area contributed by atoms with Crippen molar-refractivity contribution in [2.24, 2.45) is 0 Å². The van der Waals surface area contributed by atoms with Gasteiger partial charge in [0.05, 0.1) is 0 Å². The average molecular weight is 287 g/mol. The van der Waals surface area contributed by atoms with Crippen molar-refractivity contribution in [2.75, 3.05) is 6.26 Å². The van der Waals surface area contributed by atoms with Gasteiger partial charge in [-0.25, -0.2) is 0 Å². The molecule has 0 saturated heterocycles. The third kappa shape index (κ3) is 4.30. The Morgan fingerprint density at radius 1 is 0.944 bits per heavy atom. The second-order valence-corrected chi connectivity index (χ2v) is 7.10. The van der Waals surface area contributed by atoms with E-state index in [4.69, 9.17) is 12.2 Å². The Bertz CT molecular complexity index is 265. The first-order valence-electron chi connectivity index (χ1n) is 7.39. The summed E-state index contributed by atoms with van der Waals surface area (Å²) in [5.41, 5.74) is 0. The molecule has 0 radical (unpaired) electrons. The maximum absolute atomic E-state index is 5.49. The molecule has 18 heavy (non-hydrogen) atoms. The molecule has 2 nitrogen and oxygen atoms in total. The quantitative estimate of drug-likeness (QED) is 0.776. The van der Waals surface area contributed by atoms with Gasteiger partial charge in [0.2, 0.25) is 0 Å². The summed E-state index contributed by atoms with van der Waals surface area (Å²) < 4.78 is 0. The van der Waals surface area contributed by atoms with Crippen molar-refractivity contribution >= 4 is 29.1 Å². The first-order valence-corrected chi connectivity index (χ1v) is 9.09. The topological polar surface area (TPSA) is 24.1 Å². The smallest absolute Gasteiger partial charge is 0.166 e. The minimum Gasteiger partial charge on any atom is -0.360 e. The first-order chi connectivity index (χ1) is 8.79. The van der Waals surface area contributed by atoms with Gasteiger partial charge in [0.15, 0.2) is 5.11 Å². The van der Waals surface area contributed by atoms with E-state index in [0.29, 0.717) is 12.1 Å². The van der Waals surface area contributed by atoms with E-state index in [1.165, 1.54) is 57.8 Å². The van der Waals surface area contributed by atoms with E-state index in [1.807, 2.05) is 11.8 Å². The highest BCUT2D eigenvalue weighted by Crippen LogP contribution is 2.27. The number of thiocarbonyl (C=S) groups is 1. The third-order valence-corrected chi connectivity index (χ3v) is 5.67. The van der Waals surface area contributed by atoms with Crippen LogP contribution in [0.4, 0.5) is 0 Å². The summed E-state index contributed by atoms with van der Waals surface area (Å²) in [7, 11) is 0. The molecule has 2 rings (SSSR count). The van der Waals surface area contributed by atoms with Crippen LogP contribution in [0.15, 0.2) is 0 Å². The Hall–Kier alpha value is 0.0400. The minimum atomic E-state index is 0.581. The molecule has 0 bridgehead atoms. The van der Waals surface area contributed by atoms with Crippen molar-refractivity contribution in [2.45, 2.75) is 75.1 Å². The van der Waals surface area contributed by atoms with E-state index >= 15 is 0 Å². The molecule has 0 heterocycles. The third-order valence-electron chi connectivity index (χ3n) is 4.26. The van der Waals surface area contributed by atoms with Crippen molar-refractivity contribution < 1.29 is 0 Å². The van der Waals surface area contributed by atoms with Crippen LogP contribution in [0.25, 0.3) is 0 Å². The number of hydrogen-bond donors (Lipinski definition) is 2. The van der Waals surface area contributed by atoms with E-state index in [9.17, 15) is 0 Å².